The largest absolute Gasteiger partial charge is 0.399 e. The Hall–Kier alpha value is -1.72. The van der Waals surface area contributed by atoms with E-state index < -0.39 is 10.0 Å². The smallest absolute Gasteiger partial charge is 0.261 e. The molecule has 0 aliphatic carbocycles. The molecule has 0 saturated heterocycles. The summed E-state index contributed by atoms with van der Waals surface area (Å²) in [6.07, 6.45) is 0. The average Bonchev–Trinajstić information content (AvgIpc) is 2.31. The van der Waals surface area contributed by atoms with Crippen LogP contribution in [0.1, 0.15) is 5.56 Å². The van der Waals surface area contributed by atoms with E-state index in [1.807, 2.05) is 0 Å². The van der Waals surface area contributed by atoms with Crippen molar-refractivity contribution in [2.24, 2.45) is 0 Å². The minimum absolute atomic E-state index is 0.139. The van der Waals surface area contributed by atoms with Gasteiger partial charge in [-0.25, -0.2) is 8.42 Å². The molecule has 4 nitrogen and oxygen atoms in total. The second-order valence-electron chi connectivity index (χ2n) is 4.19. The van der Waals surface area contributed by atoms with Gasteiger partial charge in [0.25, 0.3) is 10.0 Å². The highest BCUT2D eigenvalue weighted by Crippen LogP contribution is 2.21. The second-order valence-corrected chi connectivity index (χ2v) is 6.31. The standard InChI is InChI=1S/C13H13ClN2O2S/c1-9-6-11(15)8-13(7-9)19(17,18)16-12-4-2-10(14)3-5-12/h2-8,16H,15H2,1H3. The van der Waals surface area contributed by atoms with Gasteiger partial charge in [0.2, 0.25) is 0 Å². The van der Waals surface area contributed by atoms with E-state index in [0.717, 1.165) is 5.56 Å². The van der Waals surface area contributed by atoms with E-state index in [0.29, 0.717) is 16.4 Å². The molecule has 19 heavy (non-hydrogen) atoms. The molecule has 0 aliphatic rings. The molecule has 6 heteroatoms. The SMILES string of the molecule is Cc1cc(N)cc(S(=O)(=O)Nc2ccc(Cl)cc2)c1. The Labute approximate surface area is 117 Å². The lowest BCUT2D eigenvalue weighted by Gasteiger charge is -2.09. The predicted octanol–water partition coefficient (Wildman–Crippen LogP) is 3.03. The lowest BCUT2D eigenvalue weighted by molar-refractivity contribution is 0.601. The lowest BCUT2D eigenvalue weighted by atomic mass is 10.2. The fraction of sp³-hybridized carbons (Fsp3) is 0.0769. The topological polar surface area (TPSA) is 72.2 Å². The van der Waals surface area contributed by atoms with Crippen molar-refractivity contribution >= 4 is 33.0 Å². The summed E-state index contributed by atoms with van der Waals surface area (Å²) in [4.78, 5) is 0.139. The van der Waals surface area contributed by atoms with Crippen LogP contribution in [0.25, 0.3) is 0 Å². The van der Waals surface area contributed by atoms with Gasteiger partial charge in [0.05, 0.1) is 4.90 Å². The number of aryl methyl sites for hydroxylation is 1. The van der Waals surface area contributed by atoms with Crippen LogP contribution in [0, 0.1) is 6.92 Å². The zero-order valence-corrected chi connectivity index (χ0v) is 11.8. The molecule has 3 N–H and O–H groups in total. The van der Waals surface area contributed by atoms with Crippen molar-refractivity contribution in [2.45, 2.75) is 11.8 Å². The lowest BCUT2D eigenvalue weighted by Crippen LogP contribution is -2.13. The Balaban J connectivity index is 2.34. The van der Waals surface area contributed by atoms with Gasteiger partial charge in [-0.1, -0.05) is 11.6 Å². The molecule has 0 radical (unpaired) electrons. The normalized spacial score (nSPS) is 11.3. The number of sulfonamides is 1. The van der Waals surface area contributed by atoms with E-state index in [-0.39, 0.29) is 4.90 Å². The molecule has 0 unspecified atom stereocenters. The number of nitrogen functional groups attached to an aromatic ring is 1. The van der Waals surface area contributed by atoms with Gasteiger partial charge < -0.3 is 5.73 Å². The third-order valence-electron chi connectivity index (χ3n) is 2.48. The summed E-state index contributed by atoms with van der Waals surface area (Å²) in [5.74, 6) is 0. The van der Waals surface area contributed by atoms with Crippen LogP contribution in [-0.2, 0) is 10.0 Å². The Morgan fingerprint density at radius 2 is 1.74 bits per heavy atom. The Morgan fingerprint density at radius 1 is 1.11 bits per heavy atom. The number of rotatable bonds is 3. The van der Waals surface area contributed by atoms with Gasteiger partial charge in [-0.05, 0) is 55.0 Å². The molecule has 0 fully saturated rings. The van der Waals surface area contributed by atoms with Crippen molar-refractivity contribution in [1.29, 1.82) is 0 Å². The molecule has 2 rings (SSSR count). The second kappa shape index (κ2) is 5.11. The molecular formula is C13H13ClN2O2S. The van der Waals surface area contributed by atoms with Crippen LogP contribution >= 0.6 is 11.6 Å². The number of hydrogen-bond donors (Lipinski definition) is 2. The van der Waals surface area contributed by atoms with Crippen LogP contribution in [0.3, 0.4) is 0 Å². The number of nitrogens with one attached hydrogen (secondary N) is 1. The van der Waals surface area contributed by atoms with Crippen molar-refractivity contribution in [2.75, 3.05) is 10.5 Å². The van der Waals surface area contributed by atoms with E-state index in [1.165, 1.54) is 6.07 Å². The molecule has 0 spiro atoms. The summed E-state index contributed by atoms with van der Waals surface area (Å²) in [6.45, 7) is 1.79. The fourth-order valence-electron chi connectivity index (χ4n) is 1.66. The minimum atomic E-state index is -3.64. The van der Waals surface area contributed by atoms with E-state index in [9.17, 15) is 8.42 Å². The number of anilines is 2. The molecule has 2 aromatic carbocycles. The molecule has 100 valence electrons. The van der Waals surface area contributed by atoms with Gasteiger partial charge in [0, 0.05) is 16.4 Å². The predicted molar refractivity (Wildman–Crippen MR) is 77.9 cm³/mol. The molecule has 0 bridgehead atoms. The van der Waals surface area contributed by atoms with Gasteiger partial charge in [0.1, 0.15) is 0 Å². The van der Waals surface area contributed by atoms with Crippen LogP contribution in [0.2, 0.25) is 5.02 Å². The molecule has 2 aromatic rings. The fourth-order valence-corrected chi connectivity index (χ4v) is 2.99. The summed E-state index contributed by atoms with van der Waals surface area (Å²) in [6, 6.07) is 11.1. The first-order valence-corrected chi connectivity index (χ1v) is 7.38. The molecule has 0 aliphatic heterocycles. The molecule has 0 heterocycles. The van der Waals surface area contributed by atoms with Crippen molar-refractivity contribution in [3.05, 3.63) is 53.1 Å². The monoisotopic (exact) mass is 296 g/mol. The zero-order chi connectivity index (χ0) is 14.0. The summed E-state index contributed by atoms with van der Waals surface area (Å²) in [5, 5.41) is 0.544. The molecule has 0 saturated carbocycles. The molecule has 0 aromatic heterocycles. The Kier molecular flexibility index (Phi) is 3.68. The maximum atomic E-state index is 12.2. The quantitative estimate of drug-likeness (QED) is 0.855. The summed E-state index contributed by atoms with van der Waals surface area (Å²) >= 11 is 5.75. The third kappa shape index (κ3) is 3.39. The van der Waals surface area contributed by atoms with Crippen LogP contribution in [-0.4, -0.2) is 8.42 Å². The van der Waals surface area contributed by atoms with Crippen molar-refractivity contribution in [3.63, 3.8) is 0 Å². The van der Waals surface area contributed by atoms with Crippen molar-refractivity contribution < 1.29 is 8.42 Å². The number of nitrogens with two attached hydrogens (primary N) is 1. The van der Waals surface area contributed by atoms with Crippen LogP contribution in [0.4, 0.5) is 11.4 Å². The Bertz CT molecular complexity index is 677. The van der Waals surface area contributed by atoms with E-state index in [1.54, 1.807) is 43.3 Å². The van der Waals surface area contributed by atoms with Crippen molar-refractivity contribution in [3.8, 4) is 0 Å². The first kappa shape index (κ1) is 13.7. The van der Waals surface area contributed by atoms with Gasteiger partial charge in [0.15, 0.2) is 0 Å². The van der Waals surface area contributed by atoms with E-state index in [4.69, 9.17) is 17.3 Å². The third-order valence-corrected chi connectivity index (χ3v) is 4.09. The Morgan fingerprint density at radius 3 is 2.32 bits per heavy atom. The maximum Gasteiger partial charge on any atom is 0.261 e. The van der Waals surface area contributed by atoms with E-state index in [2.05, 4.69) is 4.72 Å². The van der Waals surface area contributed by atoms with Gasteiger partial charge in [-0.15, -0.1) is 0 Å². The first-order valence-electron chi connectivity index (χ1n) is 5.52. The maximum absolute atomic E-state index is 12.2. The first-order chi connectivity index (χ1) is 8.87. The van der Waals surface area contributed by atoms with Crippen molar-refractivity contribution in [1.82, 2.24) is 0 Å². The summed E-state index contributed by atoms with van der Waals surface area (Å²) in [7, 11) is -3.64. The van der Waals surface area contributed by atoms with Gasteiger partial charge in [-0.3, -0.25) is 4.72 Å². The van der Waals surface area contributed by atoms with Crippen LogP contribution in [0.15, 0.2) is 47.4 Å². The van der Waals surface area contributed by atoms with Crippen LogP contribution in [0.5, 0.6) is 0 Å². The highest BCUT2D eigenvalue weighted by Gasteiger charge is 2.15. The summed E-state index contributed by atoms with van der Waals surface area (Å²) < 4.78 is 26.9. The number of benzene rings is 2. The molecule has 0 atom stereocenters. The zero-order valence-electron chi connectivity index (χ0n) is 10.2. The molecule has 0 amide bonds. The minimum Gasteiger partial charge on any atom is -0.399 e. The van der Waals surface area contributed by atoms with E-state index >= 15 is 0 Å². The van der Waals surface area contributed by atoms with Gasteiger partial charge >= 0.3 is 0 Å². The van der Waals surface area contributed by atoms with Gasteiger partial charge in [-0.2, -0.15) is 0 Å². The van der Waals surface area contributed by atoms with Crippen LogP contribution < -0.4 is 10.5 Å². The summed E-state index contributed by atoms with van der Waals surface area (Å²) in [5.41, 5.74) is 7.31. The average molecular weight is 297 g/mol. The molecular weight excluding hydrogens is 284 g/mol. The highest BCUT2D eigenvalue weighted by molar-refractivity contribution is 7.92. The number of halogens is 1. The number of hydrogen-bond acceptors (Lipinski definition) is 3. The highest BCUT2D eigenvalue weighted by atomic mass is 35.5.